The van der Waals surface area contributed by atoms with Gasteiger partial charge in [0.25, 0.3) is 0 Å². The summed E-state index contributed by atoms with van der Waals surface area (Å²) in [5, 5.41) is 0. The Morgan fingerprint density at radius 2 is 2.10 bits per heavy atom. The van der Waals surface area contributed by atoms with E-state index in [4.69, 9.17) is 4.74 Å². The molecule has 0 bridgehead atoms. The Labute approximate surface area is 174 Å². The molecule has 2 aliphatic carbocycles. The van der Waals surface area contributed by atoms with Crippen LogP contribution in [-0.4, -0.2) is 54.7 Å². The lowest BCUT2D eigenvalue weighted by molar-refractivity contribution is -0.146. The number of pyridine rings is 1. The number of hydrogen-bond acceptors (Lipinski definition) is 5. The molecule has 2 saturated carbocycles. The van der Waals surface area contributed by atoms with Gasteiger partial charge < -0.3 is 9.64 Å². The molecule has 0 amide bonds. The van der Waals surface area contributed by atoms with E-state index in [-0.39, 0.29) is 23.4 Å². The summed E-state index contributed by atoms with van der Waals surface area (Å²) in [5.41, 5.74) is 1.69. The van der Waals surface area contributed by atoms with Gasteiger partial charge in [-0.25, -0.2) is 4.98 Å². The Kier molecular flexibility index (Phi) is 4.89. The molecule has 5 atom stereocenters. The summed E-state index contributed by atoms with van der Waals surface area (Å²) in [5.74, 6) is 2.05. The first-order valence-electron chi connectivity index (χ1n) is 11.3. The van der Waals surface area contributed by atoms with E-state index in [2.05, 4.69) is 34.4 Å². The van der Waals surface area contributed by atoms with E-state index in [1.54, 1.807) is 0 Å². The molecular formula is C24H33N3O2. The van der Waals surface area contributed by atoms with Crippen LogP contribution >= 0.6 is 0 Å². The zero-order valence-corrected chi connectivity index (χ0v) is 17.6. The molecule has 0 N–H and O–H groups in total. The van der Waals surface area contributed by atoms with E-state index in [0.717, 1.165) is 57.8 Å². The second kappa shape index (κ2) is 7.42. The quantitative estimate of drug-likeness (QED) is 0.579. The van der Waals surface area contributed by atoms with E-state index in [9.17, 15) is 4.79 Å². The first-order valence-corrected chi connectivity index (χ1v) is 11.3. The predicted molar refractivity (Wildman–Crippen MR) is 114 cm³/mol. The molecule has 29 heavy (non-hydrogen) atoms. The van der Waals surface area contributed by atoms with Crippen molar-refractivity contribution >= 4 is 11.8 Å². The van der Waals surface area contributed by atoms with Crippen molar-refractivity contribution in [3.63, 3.8) is 0 Å². The smallest absolute Gasteiger partial charge is 0.310 e. The highest BCUT2D eigenvalue weighted by atomic mass is 16.6. The van der Waals surface area contributed by atoms with E-state index < -0.39 is 0 Å². The molecule has 2 saturated heterocycles. The van der Waals surface area contributed by atoms with Gasteiger partial charge in [-0.15, -0.1) is 0 Å². The molecule has 0 aromatic carbocycles. The van der Waals surface area contributed by atoms with E-state index in [0.29, 0.717) is 11.8 Å². The third kappa shape index (κ3) is 3.48. The molecule has 5 heteroatoms. The van der Waals surface area contributed by atoms with Crippen molar-refractivity contribution in [1.82, 2.24) is 9.88 Å². The summed E-state index contributed by atoms with van der Waals surface area (Å²) >= 11 is 0. The zero-order valence-electron chi connectivity index (χ0n) is 17.6. The highest BCUT2D eigenvalue weighted by molar-refractivity contribution is 5.75. The van der Waals surface area contributed by atoms with Crippen molar-refractivity contribution in [1.29, 1.82) is 0 Å². The normalized spacial score (nSPS) is 37.8. The van der Waals surface area contributed by atoms with Crippen molar-refractivity contribution in [2.24, 2.45) is 23.2 Å². The maximum atomic E-state index is 12.8. The Bertz CT molecular complexity index is 774. The fourth-order valence-electron chi connectivity index (χ4n) is 6.44. The van der Waals surface area contributed by atoms with Crippen LogP contribution in [0.25, 0.3) is 0 Å². The van der Waals surface area contributed by atoms with Gasteiger partial charge in [0.1, 0.15) is 11.9 Å². The third-order valence-electron chi connectivity index (χ3n) is 8.12. The lowest BCUT2D eigenvalue weighted by Crippen LogP contribution is -2.50. The number of rotatable bonds is 3. The van der Waals surface area contributed by atoms with Crippen LogP contribution in [0.4, 0.5) is 5.82 Å². The molecule has 2 aliphatic heterocycles. The molecule has 3 heterocycles. The fourth-order valence-corrected chi connectivity index (χ4v) is 6.44. The molecule has 156 valence electrons. The molecule has 5 rings (SSSR count). The van der Waals surface area contributed by atoms with Crippen LogP contribution in [0.3, 0.4) is 0 Å². The van der Waals surface area contributed by atoms with Gasteiger partial charge in [0, 0.05) is 44.8 Å². The number of carbonyl (C=O) groups excluding carboxylic acids is 1. The largest absolute Gasteiger partial charge is 0.462 e. The molecule has 1 aromatic rings. The van der Waals surface area contributed by atoms with Gasteiger partial charge in [0.05, 0.1) is 5.92 Å². The Morgan fingerprint density at radius 1 is 1.28 bits per heavy atom. The van der Waals surface area contributed by atoms with Gasteiger partial charge in [-0.2, -0.15) is 0 Å². The first-order chi connectivity index (χ1) is 14.0. The van der Waals surface area contributed by atoms with Crippen molar-refractivity contribution in [3.05, 3.63) is 36.5 Å². The Hall–Kier alpha value is -1.88. The average Bonchev–Trinajstić information content (AvgIpc) is 3.01. The second-order valence-electron chi connectivity index (χ2n) is 9.88. The maximum absolute atomic E-state index is 12.8. The fraction of sp³-hybridized carbons (Fsp3) is 0.667. The predicted octanol–water partition coefficient (Wildman–Crippen LogP) is 3.52. The Balaban J connectivity index is 1.23. The molecule has 0 spiro atoms. The number of esters is 1. The monoisotopic (exact) mass is 395 g/mol. The number of allylic oxidation sites excluding steroid dienone is 1. The van der Waals surface area contributed by atoms with Crippen LogP contribution in [-0.2, 0) is 9.53 Å². The summed E-state index contributed by atoms with van der Waals surface area (Å²) in [4.78, 5) is 22.1. The number of aromatic nitrogens is 1. The minimum absolute atomic E-state index is 0.0284. The van der Waals surface area contributed by atoms with Crippen molar-refractivity contribution in [2.45, 2.75) is 45.1 Å². The van der Waals surface area contributed by atoms with Gasteiger partial charge in [0.2, 0.25) is 0 Å². The lowest BCUT2D eigenvalue weighted by Gasteiger charge is -2.50. The number of nitrogens with zero attached hydrogens (tertiary/aromatic N) is 3. The summed E-state index contributed by atoms with van der Waals surface area (Å²) in [6.45, 7) is 11.5. The van der Waals surface area contributed by atoms with E-state index in [1.807, 2.05) is 18.3 Å². The summed E-state index contributed by atoms with van der Waals surface area (Å²) in [6, 6.07) is 6.07. The first kappa shape index (κ1) is 19.1. The number of fused-ring (bicyclic) bond motifs is 2. The minimum atomic E-state index is 0.0284. The van der Waals surface area contributed by atoms with Gasteiger partial charge in [0.15, 0.2) is 0 Å². The number of ether oxygens (including phenoxy) is 1. The van der Waals surface area contributed by atoms with Crippen molar-refractivity contribution in [2.75, 3.05) is 37.6 Å². The Morgan fingerprint density at radius 3 is 2.86 bits per heavy atom. The van der Waals surface area contributed by atoms with Crippen molar-refractivity contribution in [3.8, 4) is 0 Å². The maximum Gasteiger partial charge on any atom is 0.310 e. The summed E-state index contributed by atoms with van der Waals surface area (Å²) in [6.07, 6.45) is 7.73. The number of anilines is 1. The highest BCUT2D eigenvalue weighted by Crippen LogP contribution is 2.56. The van der Waals surface area contributed by atoms with Crippen LogP contribution in [0, 0.1) is 23.2 Å². The standard InChI is InChI=1S/C24H33N3O2/c1-17-6-5-8-24(2)15-21-18(14-20(17)24)19(23(28)29-21)16-26-10-12-27(13-11-26)22-7-3-4-9-25-22/h3-4,7,9,18-21H,1,5-6,8,10-16H2,2H3/t18-,19+,20+,21-,24-/m1/s1. The molecule has 0 radical (unpaired) electrons. The van der Waals surface area contributed by atoms with E-state index >= 15 is 0 Å². The zero-order chi connectivity index (χ0) is 20.0. The molecule has 1 aromatic heterocycles. The molecule has 4 fully saturated rings. The minimum Gasteiger partial charge on any atom is -0.462 e. The highest BCUT2D eigenvalue weighted by Gasteiger charge is 2.55. The van der Waals surface area contributed by atoms with Crippen molar-refractivity contribution < 1.29 is 9.53 Å². The summed E-state index contributed by atoms with van der Waals surface area (Å²) in [7, 11) is 0. The van der Waals surface area contributed by atoms with Gasteiger partial charge in [-0.1, -0.05) is 25.1 Å². The van der Waals surface area contributed by atoms with Crippen LogP contribution < -0.4 is 4.90 Å². The number of hydrogen-bond donors (Lipinski definition) is 0. The van der Waals surface area contributed by atoms with Crippen LogP contribution in [0.2, 0.25) is 0 Å². The third-order valence-corrected chi connectivity index (χ3v) is 8.12. The molecule has 5 nitrogen and oxygen atoms in total. The van der Waals surface area contributed by atoms with E-state index in [1.165, 1.54) is 18.4 Å². The molecule has 4 aliphatic rings. The van der Waals surface area contributed by atoms with Crippen LogP contribution in [0.5, 0.6) is 0 Å². The van der Waals surface area contributed by atoms with Gasteiger partial charge in [-0.05, 0) is 55.6 Å². The van der Waals surface area contributed by atoms with Gasteiger partial charge >= 0.3 is 5.97 Å². The summed E-state index contributed by atoms with van der Waals surface area (Å²) < 4.78 is 5.94. The average molecular weight is 396 g/mol. The number of piperazine rings is 1. The molecule has 0 unspecified atom stereocenters. The van der Waals surface area contributed by atoms with Crippen LogP contribution in [0.15, 0.2) is 36.5 Å². The molecular weight excluding hydrogens is 362 g/mol. The van der Waals surface area contributed by atoms with Crippen LogP contribution in [0.1, 0.15) is 39.0 Å². The van der Waals surface area contributed by atoms with Gasteiger partial charge in [-0.3, -0.25) is 9.69 Å². The lowest BCUT2D eigenvalue weighted by atomic mass is 9.55. The topological polar surface area (TPSA) is 45.7 Å². The second-order valence-corrected chi connectivity index (χ2v) is 9.88. The number of carbonyl (C=O) groups is 1. The SMILES string of the molecule is C=C1CCC[C@]2(C)C[C@H]3OC(=O)[C@@H](CN4CCN(c5ccccn5)CC4)[C@H]3C[C@@H]12.